The molecular weight excluding hydrogens is 602 g/mol. The Kier molecular flexibility index (Phi) is 11.1. The van der Waals surface area contributed by atoms with Crippen LogP contribution in [-0.2, 0) is 20.7 Å². The molecule has 47 heavy (non-hydrogen) atoms. The van der Waals surface area contributed by atoms with E-state index < -0.39 is 23.5 Å². The highest BCUT2D eigenvalue weighted by atomic mass is 19.1. The number of hydrogen-bond donors (Lipinski definition) is 0. The molecule has 1 aliphatic heterocycles. The molecule has 0 aliphatic carbocycles. The Hall–Kier alpha value is -3.85. The van der Waals surface area contributed by atoms with Crippen molar-refractivity contribution in [3.63, 3.8) is 0 Å². The van der Waals surface area contributed by atoms with Crippen molar-refractivity contribution in [2.45, 2.75) is 99.4 Å². The Morgan fingerprint density at radius 1 is 1.02 bits per heavy atom. The maximum atomic E-state index is 15.8. The number of ketones is 1. The number of rotatable bonds is 11. The molecule has 1 fully saturated rings. The fraction of sp³-hybridized carbons (Fsp3) is 0.500. The number of aryl methyl sites for hydroxylation is 1. The highest BCUT2D eigenvalue weighted by molar-refractivity contribution is 6.04. The summed E-state index contributed by atoms with van der Waals surface area (Å²) in [5.74, 6) is -1.72. The van der Waals surface area contributed by atoms with Gasteiger partial charge in [0, 0.05) is 43.3 Å². The first kappa shape index (κ1) is 36.0. The van der Waals surface area contributed by atoms with Gasteiger partial charge >= 0.3 is 5.97 Å². The van der Waals surface area contributed by atoms with Crippen LogP contribution in [0.5, 0.6) is 5.75 Å². The van der Waals surface area contributed by atoms with Gasteiger partial charge in [-0.05, 0) is 95.2 Å². The maximum absolute atomic E-state index is 15.8. The molecule has 1 saturated heterocycles. The molecule has 0 amide bonds. The Morgan fingerprint density at radius 3 is 2.21 bits per heavy atom. The fourth-order valence-corrected chi connectivity index (χ4v) is 5.78. The van der Waals surface area contributed by atoms with Gasteiger partial charge in [0.15, 0.2) is 23.5 Å². The van der Waals surface area contributed by atoms with Crippen LogP contribution in [0.2, 0.25) is 0 Å². The molecule has 0 unspecified atom stereocenters. The molecule has 0 radical (unpaired) electrons. The predicted octanol–water partition coefficient (Wildman–Crippen LogP) is 8.59. The van der Waals surface area contributed by atoms with E-state index in [1.165, 1.54) is 31.2 Å². The molecule has 1 aliphatic rings. The standard InChI is InChI=1S/C38H48F2N2O5/c1-23(2)46-36(44)35(47-37(5,6)7)31-24(3)41-33(25(4)43)32(34(31)42-19-17-38(8,9)18-20-42)27-12-15-30(29(40)22-27)45-21-16-26-10-13-28(39)14-11-26/h10-15,22-23,35H,16-21H2,1-9H3/t35-/m0/s1. The van der Waals surface area contributed by atoms with E-state index in [-0.39, 0.29) is 41.2 Å². The summed E-state index contributed by atoms with van der Waals surface area (Å²) in [4.78, 5) is 33.9. The fourth-order valence-electron chi connectivity index (χ4n) is 5.78. The first-order valence-electron chi connectivity index (χ1n) is 16.3. The number of nitrogens with zero attached hydrogens (tertiary/aromatic N) is 2. The van der Waals surface area contributed by atoms with Crippen molar-refractivity contribution in [3.05, 3.63) is 76.6 Å². The summed E-state index contributed by atoms with van der Waals surface area (Å²) in [6.45, 7) is 18.3. The second-order valence-electron chi connectivity index (χ2n) is 14.4. The first-order chi connectivity index (χ1) is 22.0. The Morgan fingerprint density at radius 2 is 1.66 bits per heavy atom. The van der Waals surface area contributed by atoms with Crippen LogP contribution in [0.3, 0.4) is 0 Å². The van der Waals surface area contributed by atoms with Crippen molar-refractivity contribution < 1.29 is 32.6 Å². The number of carbonyl (C=O) groups is 2. The number of benzene rings is 2. The molecule has 1 aromatic heterocycles. The summed E-state index contributed by atoms with van der Waals surface area (Å²) in [6, 6.07) is 10.7. The molecule has 2 aromatic carbocycles. The smallest absolute Gasteiger partial charge is 0.340 e. The summed E-state index contributed by atoms with van der Waals surface area (Å²) in [5, 5.41) is 0. The van der Waals surface area contributed by atoms with Gasteiger partial charge in [-0.1, -0.05) is 32.0 Å². The number of halogens is 2. The summed E-state index contributed by atoms with van der Waals surface area (Å²) in [5.41, 5.74) is 2.89. The molecule has 0 bridgehead atoms. The van der Waals surface area contributed by atoms with Gasteiger partial charge in [-0.25, -0.2) is 18.6 Å². The summed E-state index contributed by atoms with van der Waals surface area (Å²) >= 11 is 0. The van der Waals surface area contributed by atoms with Crippen LogP contribution in [0.1, 0.15) is 102 Å². The van der Waals surface area contributed by atoms with Gasteiger partial charge in [0.05, 0.1) is 24.0 Å². The lowest BCUT2D eigenvalue weighted by molar-refractivity contribution is -0.171. The molecule has 0 spiro atoms. The lowest BCUT2D eigenvalue weighted by atomic mass is 9.81. The number of piperidine rings is 1. The molecule has 4 rings (SSSR count). The van der Waals surface area contributed by atoms with Gasteiger partial charge in [0.1, 0.15) is 11.5 Å². The number of anilines is 1. The summed E-state index contributed by atoms with van der Waals surface area (Å²) in [7, 11) is 0. The second kappa shape index (κ2) is 14.5. The number of pyridine rings is 1. The quantitative estimate of drug-likeness (QED) is 0.152. The van der Waals surface area contributed by atoms with Crippen molar-refractivity contribution in [2.75, 3.05) is 24.6 Å². The van der Waals surface area contributed by atoms with E-state index in [0.717, 1.165) is 18.4 Å². The minimum Gasteiger partial charge on any atom is -0.490 e. The third kappa shape index (κ3) is 9.15. The largest absolute Gasteiger partial charge is 0.490 e. The minimum atomic E-state index is -1.14. The van der Waals surface area contributed by atoms with E-state index in [1.807, 2.05) is 20.8 Å². The zero-order valence-electron chi connectivity index (χ0n) is 29.1. The minimum absolute atomic E-state index is 0.0521. The van der Waals surface area contributed by atoms with Crippen LogP contribution in [-0.4, -0.2) is 48.1 Å². The van der Waals surface area contributed by atoms with E-state index in [2.05, 4.69) is 18.7 Å². The zero-order valence-corrected chi connectivity index (χ0v) is 29.1. The van der Waals surface area contributed by atoms with Crippen LogP contribution < -0.4 is 9.64 Å². The van der Waals surface area contributed by atoms with Gasteiger partial charge in [0.2, 0.25) is 0 Å². The Bertz CT molecular complexity index is 1590. The van der Waals surface area contributed by atoms with Crippen LogP contribution in [0.25, 0.3) is 11.1 Å². The van der Waals surface area contributed by atoms with Crippen LogP contribution >= 0.6 is 0 Å². The van der Waals surface area contributed by atoms with Crippen molar-refractivity contribution in [1.29, 1.82) is 0 Å². The summed E-state index contributed by atoms with van der Waals surface area (Å²) < 4.78 is 46.9. The molecule has 3 aromatic rings. The van der Waals surface area contributed by atoms with Crippen LogP contribution in [0, 0.1) is 24.0 Å². The topological polar surface area (TPSA) is 78.0 Å². The molecule has 254 valence electrons. The number of carbonyl (C=O) groups excluding carboxylic acids is 2. The maximum Gasteiger partial charge on any atom is 0.340 e. The van der Waals surface area contributed by atoms with Gasteiger partial charge in [0.25, 0.3) is 0 Å². The van der Waals surface area contributed by atoms with Gasteiger partial charge in [-0.3, -0.25) is 4.79 Å². The number of Topliss-reactive ketones (excluding diaryl/α,β-unsaturated/α-hetero) is 1. The Balaban J connectivity index is 1.87. The van der Waals surface area contributed by atoms with E-state index in [9.17, 15) is 14.0 Å². The number of aromatic nitrogens is 1. The van der Waals surface area contributed by atoms with Crippen molar-refractivity contribution in [2.24, 2.45) is 5.41 Å². The van der Waals surface area contributed by atoms with Crippen molar-refractivity contribution in [3.8, 4) is 16.9 Å². The van der Waals surface area contributed by atoms with E-state index in [0.29, 0.717) is 47.6 Å². The molecule has 7 nitrogen and oxygen atoms in total. The third-order valence-electron chi connectivity index (χ3n) is 8.25. The third-order valence-corrected chi connectivity index (χ3v) is 8.25. The second-order valence-corrected chi connectivity index (χ2v) is 14.4. The SMILES string of the molecule is CC(=O)c1nc(C)c([C@H](OC(C)(C)C)C(=O)OC(C)C)c(N2CCC(C)(C)CC2)c1-c1ccc(OCCc2ccc(F)cc2)c(F)c1. The van der Waals surface area contributed by atoms with Crippen molar-refractivity contribution >= 4 is 17.4 Å². The van der Waals surface area contributed by atoms with Gasteiger partial charge in [-0.2, -0.15) is 0 Å². The van der Waals surface area contributed by atoms with E-state index in [1.54, 1.807) is 39.0 Å². The van der Waals surface area contributed by atoms with Crippen LogP contribution in [0.4, 0.5) is 14.5 Å². The molecule has 0 N–H and O–H groups in total. The highest BCUT2D eigenvalue weighted by Gasteiger charge is 2.38. The molecule has 1 atom stereocenters. The average molecular weight is 651 g/mol. The normalized spacial score (nSPS) is 15.4. The monoisotopic (exact) mass is 650 g/mol. The average Bonchev–Trinajstić information content (AvgIpc) is 2.96. The Labute approximate surface area is 277 Å². The molecule has 9 heteroatoms. The number of ether oxygens (including phenoxy) is 3. The molecular formula is C38H48F2N2O5. The van der Waals surface area contributed by atoms with E-state index in [4.69, 9.17) is 19.2 Å². The van der Waals surface area contributed by atoms with Crippen LogP contribution in [0.15, 0.2) is 42.5 Å². The number of esters is 1. The van der Waals surface area contributed by atoms with Gasteiger partial charge in [-0.15, -0.1) is 0 Å². The van der Waals surface area contributed by atoms with Gasteiger partial charge < -0.3 is 19.1 Å². The lowest BCUT2D eigenvalue weighted by Gasteiger charge is -2.41. The van der Waals surface area contributed by atoms with E-state index >= 15 is 4.39 Å². The zero-order chi connectivity index (χ0) is 34.7. The summed E-state index contributed by atoms with van der Waals surface area (Å²) in [6.07, 6.45) is 0.687. The highest BCUT2D eigenvalue weighted by Crippen LogP contribution is 2.46. The number of hydrogen-bond acceptors (Lipinski definition) is 7. The molecule has 0 saturated carbocycles. The first-order valence-corrected chi connectivity index (χ1v) is 16.3. The molecule has 2 heterocycles. The van der Waals surface area contributed by atoms with Crippen molar-refractivity contribution in [1.82, 2.24) is 4.98 Å². The predicted molar refractivity (Wildman–Crippen MR) is 180 cm³/mol. The lowest BCUT2D eigenvalue weighted by Crippen LogP contribution is -2.40.